The molecule has 4 heteroatoms. The number of nitrogens with zero attached hydrogens (tertiary/aromatic N) is 2. The van der Waals surface area contributed by atoms with Crippen LogP contribution < -0.4 is 5.32 Å². The molecule has 1 aliphatic rings. The van der Waals surface area contributed by atoms with Crippen LogP contribution in [-0.4, -0.2) is 60.6 Å². The molecule has 2 rings (SSSR count). The first-order valence-electron chi connectivity index (χ1n) is 7.01. The highest BCUT2D eigenvalue weighted by Gasteiger charge is 2.16. The van der Waals surface area contributed by atoms with Gasteiger partial charge in [-0.25, -0.2) is 0 Å². The van der Waals surface area contributed by atoms with Gasteiger partial charge in [0.25, 0.3) is 0 Å². The molecule has 1 atom stereocenters. The summed E-state index contributed by atoms with van der Waals surface area (Å²) in [5, 5.41) is 3.41. The van der Waals surface area contributed by atoms with E-state index in [1.165, 1.54) is 25.2 Å². The maximum absolute atomic E-state index is 3.41. The Morgan fingerprint density at radius 1 is 1.39 bits per heavy atom. The number of aromatic nitrogens is 1. The molecule has 2 N–H and O–H groups in total. The van der Waals surface area contributed by atoms with E-state index in [0.29, 0.717) is 6.04 Å². The molecule has 4 nitrogen and oxygen atoms in total. The van der Waals surface area contributed by atoms with E-state index in [9.17, 15) is 0 Å². The Labute approximate surface area is 110 Å². The zero-order valence-corrected chi connectivity index (χ0v) is 11.7. The molecule has 2 heterocycles. The molecular weight excluding hydrogens is 224 g/mol. The normalized spacial score (nSPS) is 19.3. The molecule has 0 amide bonds. The van der Waals surface area contributed by atoms with Crippen LogP contribution >= 0.6 is 0 Å². The standard InChI is InChI=1S/C14H26N4/c1-13(18-10-7-15-8-11-18)5-9-17(2)12-14-4-3-6-16-14/h3-4,6,13,15-16H,5,7-12H2,1-2H3. The van der Waals surface area contributed by atoms with Gasteiger partial charge in [-0.3, -0.25) is 4.90 Å². The SMILES string of the molecule is CC(CCN(C)Cc1ccc[nH]1)N1CCNCC1. The van der Waals surface area contributed by atoms with E-state index < -0.39 is 0 Å². The summed E-state index contributed by atoms with van der Waals surface area (Å²) in [6.07, 6.45) is 3.24. The first-order chi connectivity index (χ1) is 8.75. The Kier molecular flexibility index (Phi) is 5.23. The Bertz CT molecular complexity index is 317. The summed E-state index contributed by atoms with van der Waals surface area (Å²) in [5.41, 5.74) is 1.30. The van der Waals surface area contributed by atoms with Crippen molar-refractivity contribution in [2.75, 3.05) is 39.8 Å². The lowest BCUT2D eigenvalue weighted by molar-refractivity contribution is 0.162. The zero-order valence-electron chi connectivity index (χ0n) is 11.7. The minimum Gasteiger partial charge on any atom is -0.364 e. The van der Waals surface area contributed by atoms with Crippen LogP contribution in [0.3, 0.4) is 0 Å². The van der Waals surface area contributed by atoms with E-state index in [1.807, 2.05) is 6.20 Å². The number of hydrogen-bond donors (Lipinski definition) is 2. The second-order valence-corrected chi connectivity index (χ2v) is 5.36. The molecule has 0 saturated carbocycles. The summed E-state index contributed by atoms with van der Waals surface area (Å²) in [5.74, 6) is 0. The third-order valence-electron chi connectivity index (χ3n) is 3.81. The lowest BCUT2D eigenvalue weighted by Crippen LogP contribution is -2.48. The van der Waals surface area contributed by atoms with Gasteiger partial charge in [0.1, 0.15) is 0 Å². The molecule has 0 bridgehead atoms. The van der Waals surface area contributed by atoms with Crippen LogP contribution in [0.5, 0.6) is 0 Å². The van der Waals surface area contributed by atoms with Crippen molar-refractivity contribution in [2.45, 2.75) is 25.9 Å². The highest BCUT2D eigenvalue weighted by molar-refractivity contribution is 5.02. The topological polar surface area (TPSA) is 34.3 Å². The average molecular weight is 250 g/mol. The molecule has 1 fully saturated rings. The maximum Gasteiger partial charge on any atom is 0.0382 e. The van der Waals surface area contributed by atoms with Crippen molar-refractivity contribution < 1.29 is 0 Å². The smallest absolute Gasteiger partial charge is 0.0382 e. The number of H-pyrrole nitrogens is 1. The van der Waals surface area contributed by atoms with E-state index in [-0.39, 0.29) is 0 Å². The van der Waals surface area contributed by atoms with Crippen LogP contribution in [0.2, 0.25) is 0 Å². The van der Waals surface area contributed by atoms with Crippen LogP contribution in [0.25, 0.3) is 0 Å². The molecule has 0 spiro atoms. The van der Waals surface area contributed by atoms with Gasteiger partial charge in [0.15, 0.2) is 0 Å². The molecule has 1 aromatic heterocycles. The molecule has 102 valence electrons. The van der Waals surface area contributed by atoms with E-state index in [0.717, 1.165) is 26.2 Å². The van der Waals surface area contributed by atoms with E-state index in [1.54, 1.807) is 0 Å². The van der Waals surface area contributed by atoms with Gasteiger partial charge in [0, 0.05) is 50.7 Å². The third kappa shape index (κ3) is 4.12. The van der Waals surface area contributed by atoms with Crippen LogP contribution in [0, 0.1) is 0 Å². The second kappa shape index (κ2) is 6.92. The zero-order chi connectivity index (χ0) is 12.8. The van der Waals surface area contributed by atoms with Crippen molar-refractivity contribution in [2.24, 2.45) is 0 Å². The van der Waals surface area contributed by atoms with E-state index in [2.05, 4.69) is 46.2 Å². The van der Waals surface area contributed by atoms with Crippen molar-refractivity contribution >= 4 is 0 Å². The van der Waals surface area contributed by atoms with Crippen LogP contribution in [0.4, 0.5) is 0 Å². The second-order valence-electron chi connectivity index (χ2n) is 5.36. The summed E-state index contributed by atoms with van der Waals surface area (Å²) >= 11 is 0. The number of piperazine rings is 1. The summed E-state index contributed by atoms with van der Waals surface area (Å²) in [7, 11) is 2.20. The fraction of sp³-hybridized carbons (Fsp3) is 0.714. The molecule has 1 aliphatic heterocycles. The van der Waals surface area contributed by atoms with Crippen molar-refractivity contribution in [1.82, 2.24) is 20.1 Å². The lowest BCUT2D eigenvalue weighted by Gasteiger charge is -2.33. The van der Waals surface area contributed by atoms with Gasteiger partial charge >= 0.3 is 0 Å². The van der Waals surface area contributed by atoms with Crippen LogP contribution in [0.1, 0.15) is 19.0 Å². The van der Waals surface area contributed by atoms with Crippen molar-refractivity contribution in [3.8, 4) is 0 Å². The van der Waals surface area contributed by atoms with Gasteiger partial charge < -0.3 is 15.2 Å². The number of nitrogens with one attached hydrogen (secondary N) is 2. The molecule has 1 unspecified atom stereocenters. The molecule has 1 aromatic rings. The van der Waals surface area contributed by atoms with Crippen molar-refractivity contribution in [3.05, 3.63) is 24.0 Å². The Hall–Kier alpha value is -0.840. The Balaban J connectivity index is 1.66. The molecule has 0 aliphatic carbocycles. The molecular formula is C14H26N4. The predicted octanol–water partition coefficient (Wildman–Crippen LogP) is 1.13. The van der Waals surface area contributed by atoms with Gasteiger partial charge in [0.05, 0.1) is 0 Å². The van der Waals surface area contributed by atoms with Gasteiger partial charge in [-0.05, 0) is 39.1 Å². The van der Waals surface area contributed by atoms with Gasteiger partial charge in [-0.1, -0.05) is 0 Å². The first-order valence-corrected chi connectivity index (χ1v) is 7.01. The maximum atomic E-state index is 3.41. The van der Waals surface area contributed by atoms with E-state index >= 15 is 0 Å². The van der Waals surface area contributed by atoms with E-state index in [4.69, 9.17) is 0 Å². The molecule has 1 saturated heterocycles. The first kappa shape index (κ1) is 13.6. The number of hydrogen-bond acceptors (Lipinski definition) is 3. The summed E-state index contributed by atoms with van der Waals surface area (Å²) < 4.78 is 0. The fourth-order valence-electron chi connectivity index (χ4n) is 2.55. The quantitative estimate of drug-likeness (QED) is 0.794. The van der Waals surface area contributed by atoms with Gasteiger partial charge in [-0.15, -0.1) is 0 Å². The average Bonchev–Trinajstić information content (AvgIpc) is 2.90. The molecule has 0 radical (unpaired) electrons. The highest BCUT2D eigenvalue weighted by atomic mass is 15.2. The largest absolute Gasteiger partial charge is 0.364 e. The highest BCUT2D eigenvalue weighted by Crippen LogP contribution is 2.07. The van der Waals surface area contributed by atoms with Crippen molar-refractivity contribution in [3.63, 3.8) is 0 Å². The monoisotopic (exact) mass is 250 g/mol. The Morgan fingerprint density at radius 2 is 2.17 bits per heavy atom. The van der Waals surface area contributed by atoms with Gasteiger partial charge in [-0.2, -0.15) is 0 Å². The summed E-state index contributed by atoms with van der Waals surface area (Å²) in [6.45, 7) is 9.20. The number of rotatable bonds is 6. The van der Waals surface area contributed by atoms with Crippen LogP contribution in [-0.2, 0) is 6.54 Å². The minimum atomic E-state index is 0.693. The molecule has 18 heavy (non-hydrogen) atoms. The Morgan fingerprint density at radius 3 is 2.83 bits per heavy atom. The fourth-order valence-corrected chi connectivity index (χ4v) is 2.55. The number of aromatic amines is 1. The van der Waals surface area contributed by atoms with Gasteiger partial charge in [0.2, 0.25) is 0 Å². The predicted molar refractivity (Wildman–Crippen MR) is 75.6 cm³/mol. The lowest BCUT2D eigenvalue weighted by atomic mass is 10.1. The van der Waals surface area contributed by atoms with Crippen molar-refractivity contribution in [1.29, 1.82) is 0 Å². The minimum absolute atomic E-state index is 0.693. The summed E-state index contributed by atoms with van der Waals surface area (Å²) in [6, 6.07) is 4.90. The summed E-state index contributed by atoms with van der Waals surface area (Å²) in [4.78, 5) is 8.25. The molecule has 0 aromatic carbocycles. The van der Waals surface area contributed by atoms with Crippen LogP contribution in [0.15, 0.2) is 18.3 Å². The third-order valence-corrected chi connectivity index (χ3v) is 3.81.